The first-order valence-corrected chi connectivity index (χ1v) is 12.5. The molecule has 1 atom stereocenters. The van der Waals surface area contributed by atoms with Crippen molar-refractivity contribution in [1.29, 1.82) is 0 Å². The predicted octanol–water partition coefficient (Wildman–Crippen LogP) is 5.80. The molecule has 3 fully saturated rings. The Morgan fingerprint density at radius 1 is 0.917 bits per heavy atom. The summed E-state index contributed by atoms with van der Waals surface area (Å²) < 4.78 is 40.4. The monoisotopic (exact) mass is 493 g/mol. The van der Waals surface area contributed by atoms with E-state index in [1.54, 1.807) is 24.3 Å². The summed E-state index contributed by atoms with van der Waals surface area (Å²) in [6.45, 7) is 4.49. The third-order valence-electron chi connectivity index (χ3n) is 7.47. The van der Waals surface area contributed by atoms with Crippen LogP contribution in [0.4, 0.5) is 19.3 Å². The van der Waals surface area contributed by atoms with Gasteiger partial charge < -0.3 is 14.0 Å². The van der Waals surface area contributed by atoms with Gasteiger partial charge in [0.05, 0.1) is 25.3 Å². The Hall–Kier alpha value is -3.45. The van der Waals surface area contributed by atoms with Crippen LogP contribution in [0.3, 0.4) is 0 Å². The highest BCUT2D eigenvalue weighted by atomic mass is 19.1. The van der Waals surface area contributed by atoms with Crippen LogP contribution in [0.1, 0.15) is 18.4 Å². The van der Waals surface area contributed by atoms with Gasteiger partial charge in [0.25, 0.3) is 0 Å². The van der Waals surface area contributed by atoms with Crippen molar-refractivity contribution in [2.45, 2.75) is 25.5 Å². The molecule has 0 aromatic heterocycles. The summed E-state index contributed by atoms with van der Waals surface area (Å²) in [5, 5.41) is 0. The molecule has 3 saturated heterocycles. The SMILES string of the molecule is O=C(O[C@H]1C[N+]2(CCOc3ccccc3)CCC1CC2)N(Cc1ccc(F)cc1)c1cccc(F)c1. The number of rotatable bonds is 8. The van der Waals surface area contributed by atoms with Gasteiger partial charge in [0, 0.05) is 18.8 Å². The van der Waals surface area contributed by atoms with Crippen molar-refractivity contribution in [1.82, 2.24) is 0 Å². The fourth-order valence-electron chi connectivity index (χ4n) is 5.41. The Kier molecular flexibility index (Phi) is 7.18. The molecule has 7 heteroatoms. The van der Waals surface area contributed by atoms with Crippen LogP contribution >= 0.6 is 0 Å². The maximum Gasteiger partial charge on any atom is 0.415 e. The van der Waals surface area contributed by atoms with E-state index in [0.717, 1.165) is 54.8 Å². The normalized spacial score (nSPS) is 22.7. The number of amides is 1. The van der Waals surface area contributed by atoms with Crippen LogP contribution in [0.2, 0.25) is 0 Å². The number of anilines is 1. The maximum atomic E-state index is 14.0. The fourth-order valence-corrected chi connectivity index (χ4v) is 5.41. The maximum absolute atomic E-state index is 14.0. The molecule has 3 aromatic carbocycles. The Balaban J connectivity index is 1.27. The summed E-state index contributed by atoms with van der Waals surface area (Å²) in [4.78, 5) is 14.9. The molecular formula is C29H31F2N2O3+. The molecule has 3 aliphatic rings. The summed E-state index contributed by atoms with van der Waals surface area (Å²) in [5.41, 5.74) is 1.14. The second kappa shape index (κ2) is 10.7. The van der Waals surface area contributed by atoms with Gasteiger partial charge in [-0.1, -0.05) is 36.4 Å². The lowest BCUT2D eigenvalue weighted by Crippen LogP contribution is -2.65. The lowest BCUT2D eigenvalue weighted by molar-refractivity contribution is -0.946. The highest BCUT2D eigenvalue weighted by molar-refractivity contribution is 5.87. The smallest absolute Gasteiger partial charge is 0.415 e. The molecule has 36 heavy (non-hydrogen) atoms. The van der Waals surface area contributed by atoms with E-state index in [4.69, 9.17) is 9.47 Å². The summed E-state index contributed by atoms with van der Waals surface area (Å²) >= 11 is 0. The van der Waals surface area contributed by atoms with E-state index in [1.807, 2.05) is 30.3 Å². The second-order valence-electron chi connectivity index (χ2n) is 9.81. The van der Waals surface area contributed by atoms with E-state index >= 15 is 0 Å². The van der Waals surface area contributed by atoms with Crippen molar-refractivity contribution in [2.24, 2.45) is 5.92 Å². The topological polar surface area (TPSA) is 38.8 Å². The Morgan fingerprint density at radius 3 is 2.39 bits per heavy atom. The summed E-state index contributed by atoms with van der Waals surface area (Å²) in [6.07, 6.45) is 1.28. The number of ether oxygens (including phenoxy) is 2. The largest absolute Gasteiger partial charge is 0.488 e. The van der Waals surface area contributed by atoms with Crippen LogP contribution in [0.5, 0.6) is 5.75 Å². The zero-order valence-electron chi connectivity index (χ0n) is 20.2. The molecule has 0 aliphatic carbocycles. The highest BCUT2D eigenvalue weighted by Crippen LogP contribution is 2.36. The van der Waals surface area contributed by atoms with E-state index in [-0.39, 0.29) is 18.5 Å². The number of carbonyl (C=O) groups is 1. The molecule has 1 amide bonds. The number of nitrogens with zero attached hydrogens (tertiary/aromatic N) is 2. The first kappa shape index (κ1) is 24.3. The molecule has 0 radical (unpaired) electrons. The number of hydrogen-bond acceptors (Lipinski definition) is 3. The highest BCUT2D eigenvalue weighted by Gasteiger charge is 2.48. The molecular weight excluding hydrogens is 462 g/mol. The van der Waals surface area contributed by atoms with E-state index in [1.165, 1.54) is 29.2 Å². The fraction of sp³-hybridized carbons (Fsp3) is 0.345. The molecule has 0 saturated carbocycles. The van der Waals surface area contributed by atoms with Crippen molar-refractivity contribution < 1.29 is 27.5 Å². The quantitative estimate of drug-likeness (QED) is 0.373. The van der Waals surface area contributed by atoms with Gasteiger partial charge in [-0.25, -0.2) is 13.6 Å². The number of para-hydroxylation sites is 1. The zero-order valence-corrected chi connectivity index (χ0v) is 20.2. The minimum absolute atomic E-state index is 0.158. The van der Waals surface area contributed by atoms with Gasteiger partial charge in [0.15, 0.2) is 6.10 Å². The van der Waals surface area contributed by atoms with Gasteiger partial charge in [-0.3, -0.25) is 4.90 Å². The number of halogens is 2. The molecule has 188 valence electrons. The zero-order chi connectivity index (χ0) is 25.0. The van der Waals surface area contributed by atoms with Gasteiger partial charge in [0.1, 0.15) is 37.1 Å². The van der Waals surface area contributed by atoms with Gasteiger partial charge in [-0.05, 0) is 48.0 Å². The van der Waals surface area contributed by atoms with Gasteiger partial charge >= 0.3 is 6.09 Å². The lowest BCUT2D eigenvalue weighted by Gasteiger charge is -2.52. The van der Waals surface area contributed by atoms with Gasteiger partial charge in [-0.15, -0.1) is 0 Å². The average molecular weight is 494 g/mol. The second-order valence-corrected chi connectivity index (χ2v) is 9.81. The van der Waals surface area contributed by atoms with Crippen molar-refractivity contribution in [3.8, 4) is 5.75 Å². The van der Waals surface area contributed by atoms with Crippen LogP contribution in [-0.2, 0) is 11.3 Å². The van der Waals surface area contributed by atoms with Crippen LogP contribution in [0.25, 0.3) is 0 Å². The van der Waals surface area contributed by atoms with Crippen LogP contribution in [0.15, 0.2) is 78.9 Å². The number of hydrogen-bond donors (Lipinski definition) is 0. The first-order chi connectivity index (χ1) is 17.5. The van der Waals surface area contributed by atoms with Crippen LogP contribution in [-0.4, -0.2) is 49.5 Å². The molecule has 6 rings (SSSR count). The van der Waals surface area contributed by atoms with Gasteiger partial charge in [0.2, 0.25) is 0 Å². The Morgan fingerprint density at radius 2 is 1.67 bits per heavy atom. The molecule has 3 aliphatic heterocycles. The summed E-state index contributed by atoms with van der Waals surface area (Å²) in [5.74, 6) is 0.396. The van der Waals surface area contributed by atoms with E-state index in [2.05, 4.69) is 0 Å². The molecule has 5 nitrogen and oxygen atoms in total. The van der Waals surface area contributed by atoms with Crippen molar-refractivity contribution in [3.05, 3.63) is 96.1 Å². The molecule has 3 heterocycles. The number of piperidine rings is 3. The molecule has 0 unspecified atom stereocenters. The number of benzene rings is 3. The molecule has 0 N–H and O–H groups in total. The minimum Gasteiger partial charge on any atom is -0.488 e. The third-order valence-corrected chi connectivity index (χ3v) is 7.47. The van der Waals surface area contributed by atoms with Crippen molar-refractivity contribution in [3.63, 3.8) is 0 Å². The first-order valence-electron chi connectivity index (χ1n) is 12.5. The van der Waals surface area contributed by atoms with Crippen LogP contribution < -0.4 is 9.64 Å². The number of carbonyl (C=O) groups excluding carboxylic acids is 1. The molecule has 2 bridgehead atoms. The standard InChI is InChI=1S/C29H31F2N2O3/c30-24-11-9-22(10-12-24)20-32(26-6-4-5-25(31)19-26)29(34)36-28-21-33(15-13-23(28)14-16-33)17-18-35-27-7-2-1-3-8-27/h1-12,19,23,28H,13-18,20-21H2/q+1/t23?,28-,33?/m0/s1. The number of fused-ring (bicyclic) bond motifs is 3. The van der Waals surface area contributed by atoms with E-state index in [0.29, 0.717) is 18.2 Å². The molecule has 0 spiro atoms. The van der Waals surface area contributed by atoms with Crippen molar-refractivity contribution >= 4 is 11.8 Å². The van der Waals surface area contributed by atoms with Crippen molar-refractivity contribution in [2.75, 3.05) is 37.7 Å². The van der Waals surface area contributed by atoms with E-state index in [9.17, 15) is 13.6 Å². The van der Waals surface area contributed by atoms with Crippen LogP contribution in [0, 0.1) is 17.6 Å². The summed E-state index contributed by atoms with van der Waals surface area (Å²) in [6, 6.07) is 21.6. The molecule has 3 aromatic rings. The minimum atomic E-state index is -0.512. The Bertz CT molecular complexity index is 1160. The van der Waals surface area contributed by atoms with E-state index < -0.39 is 11.9 Å². The lowest BCUT2D eigenvalue weighted by atomic mass is 9.83. The van der Waals surface area contributed by atoms with Gasteiger partial charge in [-0.2, -0.15) is 0 Å². The summed E-state index contributed by atoms with van der Waals surface area (Å²) in [7, 11) is 0. The Labute approximate surface area is 210 Å². The third kappa shape index (κ3) is 5.68. The average Bonchev–Trinajstić information content (AvgIpc) is 2.89. The predicted molar refractivity (Wildman–Crippen MR) is 134 cm³/mol. The number of quaternary nitrogens is 1.